The van der Waals surface area contributed by atoms with E-state index in [0.29, 0.717) is 24.3 Å². The van der Waals surface area contributed by atoms with Crippen LogP contribution in [0.4, 0.5) is 11.4 Å². The second-order valence-electron chi connectivity index (χ2n) is 5.76. The van der Waals surface area contributed by atoms with Crippen molar-refractivity contribution in [2.45, 2.75) is 27.7 Å². The molecule has 0 unspecified atom stereocenters. The van der Waals surface area contributed by atoms with Crippen LogP contribution < -0.4 is 10.6 Å². The summed E-state index contributed by atoms with van der Waals surface area (Å²) >= 11 is 0. The van der Waals surface area contributed by atoms with Gasteiger partial charge in [0, 0.05) is 24.7 Å². The first kappa shape index (κ1) is 15.9. The van der Waals surface area contributed by atoms with Crippen LogP contribution in [0.15, 0.2) is 18.2 Å². The zero-order chi connectivity index (χ0) is 15.3. The Hall–Kier alpha value is -2.11. The van der Waals surface area contributed by atoms with Gasteiger partial charge in [0.15, 0.2) is 0 Å². The summed E-state index contributed by atoms with van der Waals surface area (Å²) in [6, 6.07) is 4.47. The molecule has 6 heteroatoms. The molecule has 0 bridgehead atoms. The fraction of sp³-hybridized carbons (Fsp3) is 0.500. The molecule has 0 aromatic heterocycles. The lowest BCUT2D eigenvalue weighted by Crippen LogP contribution is -2.23. The summed E-state index contributed by atoms with van der Waals surface area (Å²) in [7, 11) is 0. The fourth-order valence-corrected chi connectivity index (χ4v) is 1.60. The van der Waals surface area contributed by atoms with Gasteiger partial charge in [-0.15, -0.1) is 0 Å². The van der Waals surface area contributed by atoms with Crippen molar-refractivity contribution in [3.63, 3.8) is 0 Å². The van der Waals surface area contributed by atoms with E-state index in [1.165, 1.54) is 6.07 Å². The van der Waals surface area contributed by atoms with E-state index >= 15 is 0 Å². The maximum Gasteiger partial charge on any atom is 0.293 e. The van der Waals surface area contributed by atoms with Crippen molar-refractivity contribution in [1.29, 1.82) is 0 Å². The summed E-state index contributed by atoms with van der Waals surface area (Å²) in [4.78, 5) is 22.3. The molecule has 6 nitrogen and oxygen atoms in total. The molecule has 0 aliphatic heterocycles. The Morgan fingerprint density at radius 1 is 1.35 bits per heavy atom. The van der Waals surface area contributed by atoms with E-state index in [9.17, 15) is 14.9 Å². The van der Waals surface area contributed by atoms with Gasteiger partial charge in [0.2, 0.25) is 0 Å². The number of anilines is 1. The van der Waals surface area contributed by atoms with Crippen LogP contribution in [0.3, 0.4) is 0 Å². The third-order valence-corrected chi connectivity index (χ3v) is 2.60. The first-order chi connectivity index (χ1) is 9.24. The van der Waals surface area contributed by atoms with Gasteiger partial charge in [-0.05, 0) is 24.5 Å². The van der Waals surface area contributed by atoms with Crippen LogP contribution in [-0.2, 0) is 0 Å². The van der Waals surface area contributed by atoms with Crippen LogP contribution in [-0.4, -0.2) is 23.9 Å². The molecule has 0 saturated heterocycles. The number of benzene rings is 1. The molecule has 0 aliphatic carbocycles. The molecule has 0 heterocycles. The third kappa shape index (κ3) is 4.53. The maximum atomic E-state index is 11.7. The Labute approximate surface area is 118 Å². The number of carbonyl (C=O) groups excluding carboxylic acids is 1. The van der Waals surface area contributed by atoms with Crippen molar-refractivity contribution in [2.75, 3.05) is 18.4 Å². The number of amides is 1. The minimum Gasteiger partial charge on any atom is -0.379 e. The lowest BCUT2D eigenvalue weighted by Gasteiger charge is -2.19. The number of nitrogens with zero attached hydrogens (tertiary/aromatic N) is 1. The van der Waals surface area contributed by atoms with Crippen molar-refractivity contribution in [3.05, 3.63) is 33.9 Å². The van der Waals surface area contributed by atoms with Crippen molar-refractivity contribution in [1.82, 2.24) is 5.32 Å². The molecule has 1 aromatic rings. The number of carbonyl (C=O) groups is 1. The van der Waals surface area contributed by atoms with Gasteiger partial charge in [-0.25, -0.2) is 0 Å². The Balaban J connectivity index is 3.02. The largest absolute Gasteiger partial charge is 0.379 e. The topological polar surface area (TPSA) is 84.3 Å². The van der Waals surface area contributed by atoms with E-state index in [-0.39, 0.29) is 17.0 Å². The molecule has 1 aromatic carbocycles. The highest BCUT2D eigenvalue weighted by Gasteiger charge is 2.19. The molecule has 0 radical (unpaired) electrons. The zero-order valence-electron chi connectivity index (χ0n) is 12.3. The highest BCUT2D eigenvalue weighted by atomic mass is 16.6. The third-order valence-electron chi connectivity index (χ3n) is 2.60. The molecule has 0 saturated carbocycles. The minimum atomic E-state index is -0.478. The number of hydrogen-bond donors (Lipinski definition) is 2. The molecule has 0 spiro atoms. The van der Waals surface area contributed by atoms with Crippen LogP contribution >= 0.6 is 0 Å². The Bertz CT molecular complexity index is 507. The molecule has 110 valence electrons. The summed E-state index contributed by atoms with van der Waals surface area (Å²) < 4.78 is 0. The standard InChI is InChI=1S/C14H21N3O3/c1-5-15-13(18)10-6-7-11(12(8-10)17(19)20)16-9-14(2,3)4/h6-8,16H,5,9H2,1-4H3,(H,15,18). The summed E-state index contributed by atoms with van der Waals surface area (Å²) in [5.74, 6) is -0.307. The summed E-state index contributed by atoms with van der Waals surface area (Å²) in [5.41, 5.74) is 0.641. The molecule has 0 atom stereocenters. The number of rotatable bonds is 5. The second-order valence-corrected chi connectivity index (χ2v) is 5.76. The fourth-order valence-electron chi connectivity index (χ4n) is 1.60. The van der Waals surface area contributed by atoms with Crippen LogP contribution in [0.1, 0.15) is 38.1 Å². The zero-order valence-corrected chi connectivity index (χ0v) is 12.3. The van der Waals surface area contributed by atoms with Gasteiger partial charge in [0.05, 0.1) is 4.92 Å². The predicted octanol–water partition coefficient (Wildman–Crippen LogP) is 2.80. The average molecular weight is 279 g/mol. The predicted molar refractivity (Wildman–Crippen MR) is 79.0 cm³/mol. The van der Waals surface area contributed by atoms with E-state index in [1.807, 2.05) is 20.8 Å². The van der Waals surface area contributed by atoms with Crippen LogP contribution in [0.2, 0.25) is 0 Å². The average Bonchev–Trinajstić information content (AvgIpc) is 2.35. The molecule has 1 amide bonds. The molecule has 20 heavy (non-hydrogen) atoms. The quantitative estimate of drug-likeness (QED) is 0.641. The lowest BCUT2D eigenvalue weighted by molar-refractivity contribution is -0.384. The monoisotopic (exact) mass is 279 g/mol. The van der Waals surface area contributed by atoms with Crippen LogP contribution in [0.5, 0.6) is 0 Å². The first-order valence-corrected chi connectivity index (χ1v) is 6.55. The maximum absolute atomic E-state index is 11.7. The van der Waals surface area contributed by atoms with Gasteiger partial charge in [0.1, 0.15) is 5.69 Å². The Kier molecular flexibility index (Phi) is 5.07. The summed E-state index contributed by atoms with van der Waals surface area (Å²) in [6.45, 7) is 9.00. The van der Waals surface area contributed by atoms with Crippen molar-refractivity contribution < 1.29 is 9.72 Å². The SMILES string of the molecule is CCNC(=O)c1ccc(NCC(C)(C)C)c([N+](=O)[O-])c1. The van der Waals surface area contributed by atoms with Gasteiger partial charge >= 0.3 is 0 Å². The number of nitro groups is 1. The molecule has 2 N–H and O–H groups in total. The smallest absolute Gasteiger partial charge is 0.293 e. The minimum absolute atomic E-state index is 0.00608. The Morgan fingerprint density at radius 2 is 2.00 bits per heavy atom. The van der Waals surface area contributed by atoms with Crippen LogP contribution in [0.25, 0.3) is 0 Å². The van der Waals surface area contributed by atoms with E-state index in [2.05, 4.69) is 10.6 Å². The Morgan fingerprint density at radius 3 is 2.50 bits per heavy atom. The first-order valence-electron chi connectivity index (χ1n) is 6.55. The van der Waals surface area contributed by atoms with Crippen molar-refractivity contribution >= 4 is 17.3 Å². The van der Waals surface area contributed by atoms with Crippen molar-refractivity contribution in [2.24, 2.45) is 5.41 Å². The number of hydrogen-bond acceptors (Lipinski definition) is 4. The van der Waals surface area contributed by atoms with Gasteiger partial charge in [-0.2, -0.15) is 0 Å². The molecular formula is C14H21N3O3. The number of nitro benzene ring substituents is 1. The summed E-state index contributed by atoms with van der Waals surface area (Å²) in [6.07, 6.45) is 0. The van der Waals surface area contributed by atoms with E-state index in [4.69, 9.17) is 0 Å². The van der Waals surface area contributed by atoms with Crippen molar-refractivity contribution in [3.8, 4) is 0 Å². The van der Waals surface area contributed by atoms with Gasteiger partial charge in [-0.1, -0.05) is 20.8 Å². The molecular weight excluding hydrogens is 258 g/mol. The second kappa shape index (κ2) is 6.36. The normalized spacial score (nSPS) is 11.0. The van der Waals surface area contributed by atoms with Gasteiger partial charge in [0.25, 0.3) is 11.6 Å². The molecule has 0 fully saturated rings. The molecule has 0 aliphatic rings. The molecule has 1 rings (SSSR count). The van der Waals surface area contributed by atoms with Crippen LogP contribution in [0, 0.1) is 15.5 Å². The van der Waals surface area contributed by atoms with E-state index < -0.39 is 4.92 Å². The van der Waals surface area contributed by atoms with E-state index in [0.717, 1.165) is 0 Å². The van der Waals surface area contributed by atoms with Gasteiger partial charge in [-0.3, -0.25) is 14.9 Å². The highest BCUT2D eigenvalue weighted by Crippen LogP contribution is 2.27. The lowest BCUT2D eigenvalue weighted by atomic mass is 9.97. The summed E-state index contributed by atoms with van der Waals surface area (Å²) in [5, 5.41) is 16.8. The van der Waals surface area contributed by atoms with E-state index in [1.54, 1.807) is 19.1 Å². The number of nitrogens with one attached hydrogen (secondary N) is 2. The van der Waals surface area contributed by atoms with Gasteiger partial charge < -0.3 is 10.6 Å². The highest BCUT2D eigenvalue weighted by molar-refractivity contribution is 5.95.